The van der Waals surface area contributed by atoms with Crippen molar-refractivity contribution in [2.45, 2.75) is 0 Å². The van der Waals surface area contributed by atoms with E-state index in [9.17, 15) is 14.9 Å². The highest BCUT2D eigenvalue weighted by molar-refractivity contribution is 5.89. The highest BCUT2D eigenvalue weighted by atomic mass is 16.6. The van der Waals surface area contributed by atoms with E-state index in [4.69, 9.17) is 5.11 Å². The quantitative estimate of drug-likeness (QED) is 0.597. The van der Waals surface area contributed by atoms with Gasteiger partial charge in [-0.1, -0.05) is 4.98 Å². The Labute approximate surface area is 93.5 Å². The summed E-state index contributed by atoms with van der Waals surface area (Å²) in [5.74, 6) is -1.86. The molecular weight excluding hydrogens is 230 g/mol. The number of aromatic carboxylic acids is 1. The van der Waals surface area contributed by atoms with E-state index in [1.165, 1.54) is 18.3 Å². The number of carboxylic acids is 1. The SMILES string of the molecule is O=C(O)c1ncccc1-n1cnc([N+](=O)[O-])n1. The van der Waals surface area contributed by atoms with E-state index in [0.717, 1.165) is 11.0 Å². The van der Waals surface area contributed by atoms with E-state index < -0.39 is 16.8 Å². The van der Waals surface area contributed by atoms with Crippen molar-refractivity contribution in [2.24, 2.45) is 0 Å². The molecule has 0 aliphatic heterocycles. The normalized spacial score (nSPS) is 10.1. The summed E-state index contributed by atoms with van der Waals surface area (Å²) >= 11 is 0. The van der Waals surface area contributed by atoms with Gasteiger partial charge in [0.05, 0.1) is 0 Å². The maximum absolute atomic E-state index is 10.9. The van der Waals surface area contributed by atoms with Crippen LogP contribution >= 0.6 is 0 Å². The molecule has 0 bridgehead atoms. The lowest BCUT2D eigenvalue weighted by Crippen LogP contribution is -2.08. The van der Waals surface area contributed by atoms with Gasteiger partial charge in [-0.3, -0.25) is 0 Å². The Hall–Kier alpha value is -2.84. The summed E-state index contributed by atoms with van der Waals surface area (Å²) in [7, 11) is 0. The van der Waals surface area contributed by atoms with E-state index in [2.05, 4.69) is 15.1 Å². The third-order valence-corrected chi connectivity index (χ3v) is 1.88. The van der Waals surface area contributed by atoms with Crippen LogP contribution in [0.1, 0.15) is 10.5 Å². The summed E-state index contributed by atoms with van der Waals surface area (Å²) in [6.45, 7) is 0. The number of rotatable bonds is 3. The second kappa shape index (κ2) is 3.96. The number of hydrogen-bond donors (Lipinski definition) is 1. The second-order valence-electron chi connectivity index (χ2n) is 2.92. The van der Waals surface area contributed by atoms with Gasteiger partial charge in [0.1, 0.15) is 5.69 Å². The summed E-state index contributed by atoms with van der Waals surface area (Å²) < 4.78 is 0.995. The Bertz CT molecular complexity index is 593. The maximum Gasteiger partial charge on any atom is 0.491 e. The van der Waals surface area contributed by atoms with Crippen molar-refractivity contribution < 1.29 is 14.8 Å². The number of pyridine rings is 1. The third kappa shape index (κ3) is 1.93. The zero-order chi connectivity index (χ0) is 12.4. The van der Waals surface area contributed by atoms with Crippen molar-refractivity contribution in [1.82, 2.24) is 19.7 Å². The fraction of sp³-hybridized carbons (Fsp3) is 0. The first kappa shape index (κ1) is 10.7. The predicted molar refractivity (Wildman–Crippen MR) is 52.8 cm³/mol. The van der Waals surface area contributed by atoms with Gasteiger partial charge in [-0.2, -0.15) is 0 Å². The number of nitro groups is 1. The minimum Gasteiger partial charge on any atom is -0.476 e. The van der Waals surface area contributed by atoms with Gasteiger partial charge in [0.25, 0.3) is 0 Å². The average molecular weight is 235 g/mol. The van der Waals surface area contributed by atoms with E-state index in [0.29, 0.717) is 0 Å². The summed E-state index contributed by atoms with van der Waals surface area (Å²) in [6, 6.07) is 2.92. The molecule has 17 heavy (non-hydrogen) atoms. The molecule has 0 saturated heterocycles. The molecule has 1 N–H and O–H groups in total. The van der Waals surface area contributed by atoms with Crippen molar-refractivity contribution in [3.8, 4) is 5.69 Å². The van der Waals surface area contributed by atoms with Gasteiger partial charge >= 0.3 is 11.9 Å². The molecule has 0 aliphatic rings. The van der Waals surface area contributed by atoms with Crippen LogP contribution in [0.5, 0.6) is 0 Å². The van der Waals surface area contributed by atoms with Crippen LogP contribution < -0.4 is 0 Å². The number of aromatic nitrogens is 4. The Morgan fingerprint density at radius 2 is 2.24 bits per heavy atom. The van der Waals surface area contributed by atoms with Crippen LogP contribution in [0.2, 0.25) is 0 Å². The van der Waals surface area contributed by atoms with Crippen LogP contribution in [-0.4, -0.2) is 35.7 Å². The monoisotopic (exact) mass is 235 g/mol. The molecule has 0 aliphatic carbocycles. The number of nitrogens with zero attached hydrogens (tertiary/aromatic N) is 5. The van der Waals surface area contributed by atoms with Crippen LogP contribution in [0.15, 0.2) is 24.7 Å². The summed E-state index contributed by atoms with van der Waals surface area (Å²) in [5, 5.41) is 22.8. The summed E-state index contributed by atoms with van der Waals surface area (Å²) in [4.78, 5) is 27.6. The Balaban J connectivity index is 2.52. The highest BCUT2D eigenvalue weighted by Crippen LogP contribution is 2.12. The molecule has 2 aromatic heterocycles. The Kier molecular flexibility index (Phi) is 2.49. The number of hydrogen-bond acceptors (Lipinski definition) is 6. The van der Waals surface area contributed by atoms with Crippen molar-refractivity contribution in [3.63, 3.8) is 0 Å². The van der Waals surface area contributed by atoms with Gasteiger partial charge in [-0.05, 0) is 17.1 Å². The molecule has 0 saturated carbocycles. The largest absolute Gasteiger partial charge is 0.491 e. The van der Waals surface area contributed by atoms with Gasteiger partial charge in [0.15, 0.2) is 5.69 Å². The van der Waals surface area contributed by atoms with E-state index in [1.807, 2.05) is 0 Å². The van der Waals surface area contributed by atoms with Crippen LogP contribution in [0.3, 0.4) is 0 Å². The van der Waals surface area contributed by atoms with Crippen LogP contribution in [0, 0.1) is 10.1 Å². The lowest BCUT2D eigenvalue weighted by molar-refractivity contribution is -0.394. The molecular formula is C8H5N5O4. The third-order valence-electron chi connectivity index (χ3n) is 1.88. The minimum atomic E-state index is -1.25. The average Bonchev–Trinajstić information content (AvgIpc) is 2.78. The van der Waals surface area contributed by atoms with Gasteiger partial charge < -0.3 is 15.2 Å². The standard InChI is InChI=1S/C8H5N5O4/c14-7(15)6-5(2-1-3-9-6)12-4-10-8(11-12)13(16)17/h1-4H,(H,14,15). The molecule has 0 amide bonds. The molecule has 9 heteroatoms. The van der Waals surface area contributed by atoms with Gasteiger partial charge in [0.2, 0.25) is 6.33 Å². The summed E-state index contributed by atoms with van der Waals surface area (Å²) in [5.41, 5.74) is -0.145. The van der Waals surface area contributed by atoms with E-state index >= 15 is 0 Å². The number of carbonyl (C=O) groups is 1. The molecule has 2 aromatic rings. The lowest BCUT2D eigenvalue weighted by Gasteiger charge is -1.99. The first-order valence-corrected chi connectivity index (χ1v) is 4.34. The second-order valence-corrected chi connectivity index (χ2v) is 2.92. The van der Waals surface area contributed by atoms with Gasteiger partial charge in [-0.15, -0.1) is 4.68 Å². The number of carboxylic acid groups (broad SMARTS) is 1. The molecule has 86 valence electrons. The topological polar surface area (TPSA) is 124 Å². The van der Waals surface area contributed by atoms with Gasteiger partial charge in [-0.25, -0.2) is 9.78 Å². The van der Waals surface area contributed by atoms with Gasteiger partial charge in [0, 0.05) is 11.3 Å². The van der Waals surface area contributed by atoms with E-state index in [1.54, 1.807) is 0 Å². The van der Waals surface area contributed by atoms with Crippen molar-refractivity contribution in [1.29, 1.82) is 0 Å². The maximum atomic E-state index is 10.9. The Morgan fingerprint density at radius 3 is 2.82 bits per heavy atom. The molecule has 0 spiro atoms. The molecule has 0 atom stereocenters. The molecule has 2 heterocycles. The van der Waals surface area contributed by atoms with Crippen molar-refractivity contribution in [2.75, 3.05) is 0 Å². The smallest absolute Gasteiger partial charge is 0.476 e. The lowest BCUT2D eigenvalue weighted by atomic mass is 10.3. The zero-order valence-corrected chi connectivity index (χ0v) is 8.22. The van der Waals surface area contributed by atoms with Crippen molar-refractivity contribution >= 4 is 11.9 Å². The first-order valence-electron chi connectivity index (χ1n) is 4.34. The van der Waals surface area contributed by atoms with Crippen molar-refractivity contribution in [3.05, 3.63) is 40.5 Å². The molecule has 9 nitrogen and oxygen atoms in total. The fourth-order valence-electron chi connectivity index (χ4n) is 1.20. The molecule has 0 unspecified atom stereocenters. The molecule has 0 fully saturated rings. The molecule has 2 rings (SSSR count). The Morgan fingerprint density at radius 1 is 1.47 bits per heavy atom. The van der Waals surface area contributed by atoms with Crippen LogP contribution in [-0.2, 0) is 0 Å². The molecule has 0 aromatic carbocycles. The fourth-order valence-corrected chi connectivity index (χ4v) is 1.20. The predicted octanol–water partition coefficient (Wildman–Crippen LogP) is 0.269. The van der Waals surface area contributed by atoms with Crippen LogP contribution in [0.25, 0.3) is 5.69 Å². The zero-order valence-electron chi connectivity index (χ0n) is 8.22. The van der Waals surface area contributed by atoms with E-state index in [-0.39, 0.29) is 11.4 Å². The summed E-state index contributed by atoms with van der Waals surface area (Å²) in [6.07, 6.45) is 2.36. The molecule has 0 radical (unpaired) electrons. The first-order chi connectivity index (χ1) is 8.09. The van der Waals surface area contributed by atoms with Crippen LogP contribution in [0.4, 0.5) is 5.95 Å². The highest BCUT2D eigenvalue weighted by Gasteiger charge is 2.19. The minimum absolute atomic E-state index is 0.112.